The van der Waals surface area contributed by atoms with E-state index in [0.29, 0.717) is 23.7 Å². The van der Waals surface area contributed by atoms with Crippen molar-refractivity contribution < 1.29 is 14.3 Å². The van der Waals surface area contributed by atoms with E-state index in [0.717, 1.165) is 0 Å². The van der Waals surface area contributed by atoms with E-state index >= 15 is 0 Å². The summed E-state index contributed by atoms with van der Waals surface area (Å²) in [5, 5.41) is 10.8. The quantitative estimate of drug-likeness (QED) is 0.437. The minimum Gasteiger partial charge on any atom is -0.481 e. The van der Waals surface area contributed by atoms with Gasteiger partial charge in [0.05, 0.1) is 19.3 Å². The Morgan fingerprint density at radius 1 is 1.39 bits per heavy atom. The van der Waals surface area contributed by atoms with Crippen LogP contribution in [-0.4, -0.2) is 35.6 Å². The zero-order valence-electron chi connectivity index (χ0n) is 12.8. The van der Waals surface area contributed by atoms with Crippen molar-refractivity contribution in [2.24, 2.45) is 0 Å². The molecule has 0 fully saturated rings. The largest absolute Gasteiger partial charge is 0.481 e. The van der Waals surface area contributed by atoms with Crippen molar-refractivity contribution in [3.63, 3.8) is 0 Å². The van der Waals surface area contributed by atoms with Gasteiger partial charge < -0.3 is 20.5 Å². The molecule has 0 saturated heterocycles. The molecule has 0 aliphatic rings. The molecule has 0 aliphatic carbocycles. The molecule has 0 radical (unpaired) electrons. The van der Waals surface area contributed by atoms with Gasteiger partial charge in [-0.15, -0.1) is 0 Å². The van der Waals surface area contributed by atoms with Crippen molar-refractivity contribution in [3.8, 4) is 0 Å². The lowest BCUT2D eigenvalue weighted by Crippen LogP contribution is -2.12. The van der Waals surface area contributed by atoms with E-state index in [2.05, 4.69) is 15.3 Å². The standard InChI is InChI=1S/C15H17N5O3/c1-3-23-15(21)9-5-4-6-10(7-9)20-14-11(13(17)22-2)12(16)18-8-19-14/h4-8,17H,3H2,1-2H3,(H3,16,18,19,20). The predicted octanol–water partition coefficient (Wildman–Crippen LogP) is 1.95. The lowest BCUT2D eigenvalue weighted by molar-refractivity contribution is 0.0526. The minimum atomic E-state index is -0.414. The van der Waals surface area contributed by atoms with Crippen LogP contribution in [0.2, 0.25) is 0 Å². The van der Waals surface area contributed by atoms with Gasteiger partial charge in [0.25, 0.3) is 0 Å². The number of nitrogens with zero attached hydrogens (tertiary/aromatic N) is 2. The van der Waals surface area contributed by atoms with Gasteiger partial charge in [0, 0.05) is 5.69 Å². The molecule has 2 aromatic rings. The van der Waals surface area contributed by atoms with E-state index < -0.39 is 5.97 Å². The zero-order valence-corrected chi connectivity index (χ0v) is 12.8. The van der Waals surface area contributed by atoms with E-state index in [1.165, 1.54) is 13.4 Å². The molecular formula is C15H17N5O3. The Labute approximate surface area is 133 Å². The first-order valence-corrected chi connectivity index (χ1v) is 6.84. The van der Waals surface area contributed by atoms with Crippen LogP contribution in [0.1, 0.15) is 22.8 Å². The van der Waals surface area contributed by atoms with Crippen LogP contribution in [0.5, 0.6) is 0 Å². The smallest absolute Gasteiger partial charge is 0.338 e. The number of ether oxygens (including phenoxy) is 2. The second-order valence-corrected chi connectivity index (χ2v) is 4.44. The lowest BCUT2D eigenvalue weighted by atomic mass is 10.2. The number of carbonyl (C=O) groups excluding carboxylic acids is 1. The van der Waals surface area contributed by atoms with Crippen LogP contribution in [0.3, 0.4) is 0 Å². The molecule has 8 heteroatoms. The highest BCUT2D eigenvalue weighted by Gasteiger charge is 2.16. The summed E-state index contributed by atoms with van der Waals surface area (Å²) in [6.07, 6.45) is 1.28. The third-order valence-electron chi connectivity index (χ3n) is 2.94. The normalized spacial score (nSPS) is 10.0. The molecule has 1 aromatic carbocycles. The van der Waals surface area contributed by atoms with Gasteiger partial charge in [0.15, 0.2) is 0 Å². The van der Waals surface area contributed by atoms with Crippen molar-refractivity contribution in [2.75, 3.05) is 24.8 Å². The number of hydrogen-bond acceptors (Lipinski definition) is 8. The summed E-state index contributed by atoms with van der Waals surface area (Å²) in [4.78, 5) is 19.7. The maximum atomic E-state index is 11.8. The van der Waals surface area contributed by atoms with Gasteiger partial charge in [-0.3, -0.25) is 5.41 Å². The molecule has 0 spiro atoms. The summed E-state index contributed by atoms with van der Waals surface area (Å²) in [6.45, 7) is 2.04. The molecule has 0 unspecified atom stereocenters. The van der Waals surface area contributed by atoms with Crippen LogP contribution in [0, 0.1) is 5.41 Å². The number of esters is 1. The minimum absolute atomic E-state index is 0.121. The molecule has 23 heavy (non-hydrogen) atoms. The topological polar surface area (TPSA) is 123 Å². The number of methoxy groups -OCH3 is 1. The Balaban J connectivity index is 2.33. The van der Waals surface area contributed by atoms with Gasteiger partial charge in [-0.2, -0.15) is 0 Å². The van der Waals surface area contributed by atoms with Crippen molar-refractivity contribution in [1.29, 1.82) is 5.41 Å². The number of aromatic nitrogens is 2. The molecule has 0 saturated carbocycles. The average Bonchev–Trinajstić information content (AvgIpc) is 2.55. The van der Waals surface area contributed by atoms with Crippen LogP contribution in [-0.2, 0) is 9.47 Å². The number of benzene rings is 1. The number of carbonyl (C=O) groups is 1. The molecule has 2 rings (SSSR count). The van der Waals surface area contributed by atoms with Crippen LogP contribution in [0.25, 0.3) is 0 Å². The Bertz CT molecular complexity index is 733. The molecule has 8 nitrogen and oxygen atoms in total. The third kappa shape index (κ3) is 3.73. The van der Waals surface area contributed by atoms with Gasteiger partial charge in [-0.25, -0.2) is 14.8 Å². The van der Waals surface area contributed by atoms with Gasteiger partial charge in [-0.05, 0) is 25.1 Å². The van der Waals surface area contributed by atoms with Crippen LogP contribution >= 0.6 is 0 Å². The average molecular weight is 315 g/mol. The molecule has 120 valence electrons. The summed E-state index contributed by atoms with van der Waals surface area (Å²) in [6, 6.07) is 6.73. The van der Waals surface area contributed by atoms with Crippen LogP contribution in [0.15, 0.2) is 30.6 Å². The second kappa shape index (κ2) is 7.21. The number of rotatable bonds is 5. The van der Waals surface area contributed by atoms with Gasteiger partial charge >= 0.3 is 5.97 Å². The number of nitrogens with two attached hydrogens (primary N) is 1. The van der Waals surface area contributed by atoms with Gasteiger partial charge in [0.2, 0.25) is 5.90 Å². The third-order valence-corrected chi connectivity index (χ3v) is 2.94. The molecule has 0 aliphatic heterocycles. The van der Waals surface area contributed by atoms with E-state index in [-0.39, 0.29) is 17.3 Å². The molecular weight excluding hydrogens is 298 g/mol. The zero-order chi connectivity index (χ0) is 16.8. The summed E-state index contributed by atoms with van der Waals surface area (Å²) < 4.78 is 9.86. The summed E-state index contributed by atoms with van der Waals surface area (Å²) in [5.74, 6) is -0.142. The van der Waals surface area contributed by atoms with Crippen molar-refractivity contribution in [1.82, 2.24) is 9.97 Å². The summed E-state index contributed by atoms with van der Waals surface area (Å²) >= 11 is 0. The Kier molecular flexibility index (Phi) is 5.08. The molecule has 1 heterocycles. The predicted molar refractivity (Wildman–Crippen MR) is 86.0 cm³/mol. The SMILES string of the molecule is CCOC(=O)c1cccc(Nc2ncnc(N)c2C(=N)OC)c1. The second-order valence-electron chi connectivity index (χ2n) is 4.44. The number of nitrogen functional groups attached to an aromatic ring is 1. The van der Waals surface area contributed by atoms with E-state index in [1.807, 2.05) is 0 Å². The van der Waals surface area contributed by atoms with E-state index in [9.17, 15) is 4.79 Å². The maximum absolute atomic E-state index is 11.8. The Morgan fingerprint density at radius 3 is 2.87 bits per heavy atom. The molecule has 0 bridgehead atoms. The number of nitrogens with one attached hydrogen (secondary N) is 2. The lowest BCUT2D eigenvalue weighted by Gasteiger charge is -2.13. The van der Waals surface area contributed by atoms with Gasteiger partial charge in [-0.1, -0.05) is 6.07 Å². The molecule has 1 aromatic heterocycles. The van der Waals surface area contributed by atoms with Crippen molar-refractivity contribution in [2.45, 2.75) is 6.92 Å². The molecule has 0 amide bonds. The fraction of sp³-hybridized carbons (Fsp3) is 0.200. The highest BCUT2D eigenvalue weighted by atomic mass is 16.5. The van der Waals surface area contributed by atoms with Crippen molar-refractivity contribution in [3.05, 3.63) is 41.7 Å². The highest BCUT2D eigenvalue weighted by Crippen LogP contribution is 2.23. The highest BCUT2D eigenvalue weighted by molar-refractivity contribution is 6.01. The fourth-order valence-electron chi connectivity index (χ4n) is 1.89. The number of hydrogen-bond donors (Lipinski definition) is 3. The molecule has 0 atom stereocenters. The monoisotopic (exact) mass is 315 g/mol. The Hall–Kier alpha value is -3.16. The van der Waals surface area contributed by atoms with Crippen LogP contribution < -0.4 is 11.1 Å². The van der Waals surface area contributed by atoms with Crippen LogP contribution in [0.4, 0.5) is 17.3 Å². The Morgan fingerprint density at radius 2 is 2.17 bits per heavy atom. The first-order chi connectivity index (χ1) is 11.1. The number of anilines is 3. The van der Waals surface area contributed by atoms with E-state index in [4.69, 9.17) is 20.6 Å². The van der Waals surface area contributed by atoms with E-state index in [1.54, 1.807) is 31.2 Å². The summed E-state index contributed by atoms with van der Waals surface area (Å²) in [7, 11) is 1.36. The van der Waals surface area contributed by atoms with Crippen molar-refractivity contribution >= 4 is 29.2 Å². The first-order valence-electron chi connectivity index (χ1n) is 6.84. The summed E-state index contributed by atoms with van der Waals surface area (Å²) in [5.41, 5.74) is 7.03. The molecule has 4 N–H and O–H groups in total. The fourth-order valence-corrected chi connectivity index (χ4v) is 1.89. The maximum Gasteiger partial charge on any atom is 0.338 e. The van der Waals surface area contributed by atoms with Gasteiger partial charge in [0.1, 0.15) is 23.5 Å². The first kappa shape index (κ1) is 16.2.